The van der Waals surface area contributed by atoms with Crippen molar-refractivity contribution in [1.82, 2.24) is 0 Å². The first-order valence-electron chi connectivity index (χ1n) is 6.40. The number of nitrogens with two attached hydrogens (primary N) is 1. The average molecular weight is 315 g/mol. The summed E-state index contributed by atoms with van der Waals surface area (Å²) < 4.78 is 1.06. The Morgan fingerprint density at radius 1 is 1.33 bits per heavy atom. The summed E-state index contributed by atoms with van der Waals surface area (Å²) in [5.74, 6) is 0. The molecule has 1 rings (SSSR count). The van der Waals surface area contributed by atoms with Gasteiger partial charge in [-0.25, -0.2) is 0 Å². The van der Waals surface area contributed by atoms with Gasteiger partial charge in [-0.1, -0.05) is 6.07 Å². The summed E-state index contributed by atoms with van der Waals surface area (Å²) in [6.07, 6.45) is 0.777. The maximum atomic E-state index is 8.98. The van der Waals surface area contributed by atoms with E-state index in [1.165, 1.54) is 0 Å². The molecule has 1 atom stereocenters. The average Bonchev–Trinajstić information content (AvgIpc) is 2.30. The fourth-order valence-corrected chi connectivity index (χ4v) is 2.56. The molecule has 0 spiro atoms. The molecule has 0 radical (unpaired) electrons. The molecule has 0 fully saturated rings. The van der Waals surface area contributed by atoms with Crippen molar-refractivity contribution < 1.29 is 5.11 Å². The van der Waals surface area contributed by atoms with Crippen molar-refractivity contribution in [1.29, 1.82) is 0 Å². The van der Waals surface area contributed by atoms with Gasteiger partial charge >= 0.3 is 0 Å². The summed E-state index contributed by atoms with van der Waals surface area (Å²) in [4.78, 5) is 2.28. The zero-order valence-corrected chi connectivity index (χ0v) is 12.9. The van der Waals surface area contributed by atoms with Crippen molar-refractivity contribution in [2.75, 3.05) is 18.1 Å². The molecule has 0 aliphatic rings. The fourth-order valence-electron chi connectivity index (χ4n) is 1.94. The predicted molar refractivity (Wildman–Crippen MR) is 80.9 cm³/mol. The molecule has 3 N–H and O–H groups in total. The topological polar surface area (TPSA) is 49.5 Å². The molecule has 0 unspecified atom stereocenters. The largest absolute Gasteiger partial charge is 0.396 e. The third-order valence-electron chi connectivity index (χ3n) is 2.99. The number of aliphatic hydroxyl groups is 1. The molecule has 0 aliphatic heterocycles. The number of rotatable bonds is 6. The van der Waals surface area contributed by atoms with Crippen LogP contribution in [-0.2, 0) is 0 Å². The van der Waals surface area contributed by atoms with Crippen molar-refractivity contribution in [2.24, 2.45) is 5.73 Å². The number of benzene rings is 1. The van der Waals surface area contributed by atoms with Crippen molar-refractivity contribution in [3.8, 4) is 0 Å². The van der Waals surface area contributed by atoms with Crippen molar-refractivity contribution in [2.45, 2.75) is 39.3 Å². The normalized spacial score (nSPS) is 12.8. The Morgan fingerprint density at radius 2 is 2.00 bits per heavy atom. The lowest BCUT2D eigenvalue weighted by atomic mass is 10.1. The Balaban J connectivity index is 2.98. The zero-order valence-electron chi connectivity index (χ0n) is 11.4. The SMILES string of the molecule is CC(C)N(CCCO)c1ccc([C@H](C)N)cc1Br. The molecule has 1 aromatic rings. The van der Waals surface area contributed by atoms with Crippen LogP contribution < -0.4 is 10.6 Å². The quantitative estimate of drug-likeness (QED) is 0.848. The molecule has 18 heavy (non-hydrogen) atoms. The maximum Gasteiger partial charge on any atom is 0.0513 e. The lowest BCUT2D eigenvalue weighted by Gasteiger charge is -2.30. The zero-order chi connectivity index (χ0) is 13.7. The molecule has 4 heteroatoms. The molecule has 0 aliphatic carbocycles. The number of hydrogen-bond donors (Lipinski definition) is 2. The highest BCUT2D eigenvalue weighted by molar-refractivity contribution is 9.10. The van der Waals surface area contributed by atoms with Gasteiger partial charge in [0.2, 0.25) is 0 Å². The second-order valence-electron chi connectivity index (χ2n) is 4.86. The molecule has 0 amide bonds. The van der Waals surface area contributed by atoms with Crippen molar-refractivity contribution in [3.63, 3.8) is 0 Å². The summed E-state index contributed by atoms with van der Waals surface area (Å²) in [5.41, 5.74) is 8.16. The summed E-state index contributed by atoms with van der Waals surface area (Å²) in [6, 6.07) is 6.68. The van der Waals surface area contributed by atoms with Crippen LogP contribution >= 0.6 is 15.9 Å². The third kappa shape index (κ3) is 3.97. The van der Waals surface area contributed by atoms with Crippen LogP contribution in [0.25, 0.3) is 0 Å². The van der Waals surface area contributed by atoms with Gasteiger partial charge in [0.25, 0.3) is 0 Å². The summed E-state index contributed by atoms with van der Waals surface area (Å²) in [6.45, 7) is 7.36. The second-order valence-corrected chi connectivity index (χ2v) is 5.72. The van der Waals surface area contributed by atoms with Crippen LogP contribution in [0.15, 0.2) is 22.7 Å². The molecule has 3 nitrogen and oxygen atoms in total. The molecular formula is C14H23BrN2O. The summed E-state index contributed by atoms with van der Waals surface area (Å²) >= 11 is 3.62. The van der Waals surface area contributed by atoms with Crippen LogP contribution in [0.3, 0.4) is 0 Å². The molecule has 0 saturated heterocycles. The van der Waals surface area contributed by atoms with Gasteiger partial charge in [-0.15, -0.1) is 0 Å². The van der Waals surface area contributed by atoms with E-state index < -0.39 is 0 Å². The Hall–Kier alpha value is -0.580. The Bertz CT molecular complexity index is 380. The highest BCUT2D eigenvalue weighted by atomic mass is 79.9. The van der Waals surface area contributed by atoms with Gasteiger partial charge in [0, 0.05) is 29.7 Å². The maximum absolute atomic E-state index is 8.98. The predicted octanol–water partition coefficient (Wildman–Crippen LogP) is 3.07. The van der Waals surface area contributed by atoms with Gasteiger partial charge in [-0.3, -0.25) is 0 Å². The molecule has 1 aromatic carbocycles. The minimum atomic E-state index is 0.0419. The smallest absolute Gasteiger partial charge is 0.0513 e. The van der Waals surface area contributed by atoms with Crippen LogP contribution in [-0.4, -0.2) is 24.3 Å². The standard InChI is InChI=1S/C14H23BrN2O/c1-10(2)17(7-4-8-18)14-6-5-12(11(3)16)9-13(14)15/h5-6,9-11,18H,4,7-8,16H2,1-3H3/t11-/m0/s1. The second kappa shape index (κ2) is 7.12. The van der Waals surface area contributed by atoms with E-state index in [9.17, 15) is 0 Å². The lowest BCUT2D eigenvalue weighted by Crippen LogP contribution is -2.32. The van der Waals surface area contributed by atoms with Gasteiger partial charge in [0.1, 0.15) is 0 Å². The molecule has 0 heterocycles. The number of halogens is 1. The van der Waals surface area contributed by atoms with E-state index in [0.717, 1.165) is 28.7 Å². The monoisotopic (exact) mass is 314 g/mol. The molecule has 0 bridgehead atoms. The number of anilines is 1. The van der Waals surface area contributed by atoms with Crippen LogP contribution in [0.4, 0.5) is 5.69 Å². The van der Waals surface area contributed by atoms with E-state index in [-0.39, 0.29) is 12.6 Å². The Labute approximate surface area is 118 Å². The lowest BCUT2D eigenvalue weighted by molar-refractivity contribution is 0.288. The molecular weight excluding hydrogens is 292 g/mol. The Morgan fingerprint density at radius 3 is 2.44 bits per heavy atom. The summed E-state index contributed by atoms with van der Waals surface area (Å²) in [5, 5.41) is 8.98. The van der Waals surface area contributed by atoms with E-state index in [1.807, 2.05) is 6.92 Å². The number of nitrogens with zero attached hydrogens (tertiary/aromatic N) is 1. The number of hydrogen-bond acceptors (Lipinski definition) is 3. The van der Waals surface area contributed by atoms with Crippen LogP contribution in [0.5, 0.6) is 0 Å². The van der Waals surface area contributed by atoms with E-state index in [1.54, 1.807) is 0 Å². The summed E-state index contributed by atoms with van der Waals surface area (Å²) in [7, 11) is 0. The first-order chi connectivity index (χ1) is 8.47. The van der Waals surface area contributed by atoms with E-state index in [0.29, 0.717) is 6.04 Å². The van der Waals surface area contributed by atoms with E-state index in [2.05, 4.69) is 52.9 Å². The third-order valence-corrected chi connectivity index (χ3v) is 3.62. The van der Waals surface area contributed by atoms with E-state index >= 15 is 0 Å². The highest BCUT2D eigenvalue weighted by Crippen LogP contribution is 2.30. The molecule has 102 valence electrons. The van der Waals surface area contributed by atoms with Crippen LogP contribution in [0.2, 0.25) is 0 Å². The van der Waals surface area contributed by atoms with E-state index in [4.69, 9.17) is 10.8 Å². The Kier molecular flexibility index (Phi) is 6.12. The van der Waals surface area contributed by atoms with Crippen molar-refractivity contribution >= 4 is 21.6 Å². The van der Waals surface area contributed by atoms with Crippen LogP contribution in [0.1, 0.15) is 38.8 Å². The number of aliphatic hydroxyl groups excluding tert-OH is 1. The minimum Gasteiger partial charge on any atom is -0.396 e. The van der Waals surface area contributed by atoms with Gasteiger partial charge in [-0.2, -0.15) is 0 Å². The minimum absolute atomic E-state index is 0.0419. The van der Waals surface area contributed by atoms with Crippen LogP contribution in [0, 0.1) is 0 Å². The molecule has 0 aromatic heterocycles. The van der Waals surface area contributed by atoms with Gasteiger partial charge < -0.3 is 15.7 Å². The first-order valence-corrected chi connectivity index (χ1v) is 7.19. The van der Waals surface area contributed by atoms with Gasteiger partial charge in [-0.05, 0) is 60.8 Å². The van der Waals surface area contributed by atoms with Gasteiger partial charge in [0.05, 0.1) is 5.69 Å². The van der Waals surface area contributed by atoms with Crippen molar-refractivity contribution in [3.05, 3.63) is 28.2 Å². The molecule has 0 saturated carbocycles. The van der Waals surface area contributed by atoms with Gasteiger partial charge in [0.15, 0.2) is 0 Å². The fraction of sp³-hybridized carbons (Fsp3) is 0.571. The first kappa shape index (κ1) is 15.5. The highest BCUT2D eigenvalue weighted by Gasteiger charge is 2.14.